The molecule has 0 saturated carbocycles. The van der Waals surface area contributed by atoms with Crippen LogP contribution in [0.5, 0.6) is 11.5 Å². The van der Waals surface area contributed by atoms with Gasteiger partial charge in [0, 0.05) is 0 Å². The Hall–Kier alpha value is -2.95. The van der Waals surface area contributed by atoms with Crippen LogP contribution in [0, 0.1) is 10.5 Å². The van der Waals surface area contributed by atoms with Crippen LogP contribution in [-0.4, -0.2) is 35.7 Å². The number of halogens is 1. The molecule has 0 aliphatic rings. The Morgan fingerprint density at radius 3 is 2.50 bits per heavy atom. The van der Waals surface area contributed by atoms with Gasteiger partial charge in [-0.3, -0.25) is 0 Å². The summed E-state index contributed by atoms with van der Waals surface area (Å²) in [5, 5.41) is 10.8. The molecule has 0 saturated heterocycles. The number of rotatable bonds is 5. The zero-order valence-corrected chi connectivity index (χ0v) is 18.9. The van der Waals surface area contributed by atoms with Crippen LogP contribution in [0.15, 0.2) is 46.5 Å². The molecule has 0 radical (unpaired) electrons. The number of aryl methyl sites for hydroxylation is 2. The van der Waals surface area contributed by atoms with E-state index in [2.05, 4.69) is 14.9 Å². The van der Waals surface area contributed by atoms with Gasteiger partial charge in [-0.1, -0.05) is 0 Å². The number of hydrogen-bond acceptors (Lipinski definition) is 6. The van der Waals surface area contributed by atoms with Crippen LogP contribution in [0.3, 0.4) is 0 Å². The van der Waals surface area contributed by atoms with E-state index in [1.54, 1.807) is 26.1 Å². The zero-order valence-electron chi connectivity index (χ0n) is 16.7. The number of fused-ring (bicyclic) bond motifs is 2. The first-order valence-electron chi connectivity index (χ1n) is 9.19. The second-order valence-corrected chi connectivity index (χ2v) is 9.14. The number of nitrogens with zero attached hydrogens (tertiary/aromatic N) is 4. The topological polar surface area (TPSA) is 99.2 Å². The minimum atomic E-state index is -0.298. The summed E-state index contributed by atoms with van der Waals surface area (Å²) in [5.74, 6) is 0.719. The van der Waals surface area contributed by atoms with Gasteiger partial charge in [0.15, 0.2) is 0 Å². The van der Waals surface area contributed by atoms with Gasteiger partial charge < -0.3 is 0 Å². The van der Waals surface area contributed by atoms with Crippen molar-refractivity contribution < 1.29 is 31.0 Å². The molecule has 0 amide bonds. The number of alkyl halides is 1. The second-order valence-electron chi connectivity index (χ2n) is 6.90. The van der Waals surface area contributed by atoms with Gasteiger partial charge >= 0.3 is 182 Å². The Kier molecular flexibility index (Phi) is 5.46. The normalized spacial score (nSPS) is 11.4. The summed E-state index contributed by atoms with van der Waals surface area (Å²) in [6.07, 6.45) is 3.00. The zero-order chi connectivity index (χ0) is 21.4. The molecule has 0 aliphatic carbocycles. The molecular formula is C21H20IN4O4-. The molecule has 0 bridgehead atoms. The quantitative estimate of drug-likeness (QED) is 0.258. The van der Waals surface area contributed by atoms with E-state index in [1.807, 2.05) is 6.07 Å². The number of aromatic nitrogens is 4. The van der Waals surface area contributed by atoms with Gasteiger partial charge in [-0.05, 0) is 0 Å². The molecule has 30 heavy (non-hydrogen) atoms. The van der Waals surface area contributed by atoms with Crippen LogP contribution < -0.4 is 37.1 Å². The van der Waals surface area contributed by atoms with E-state index in [0.717, 1.165) is 3.57 Å². The molecule has 2 heterocycles. The minimum absolute atomic E-state index is 0.0678. The van der Waals surface area contributed by atoms with E-state index in [9.17, 15) is 14.7 Å². The second kappa shape index (κ2) is 8.05. The Morgan fingerprint density at radius 2 is 1.73 bits per heavy atom. The molecule has 0 aliphatic heterocycles. The summed E-state index contributed by atoms with van der Waals surface area (Å²) in [7, 11) is 1.66. The van der Waals surface area contributed by atoms with E-state index in [1.165, 1.54) is 27.9 Å². The van der Waals surface area contributed by atoms with Crippen molar-refractivity contribution in [2.24, 2.45) is 7.05 Å². The molecule has 2 aromatic heterocycles. The number of hydrogen-bond donors (Lipinski definition) is 1. The van der Waals surface area contributed by atoms with Gasteiger partial charge in [0.05, 0.1) is 0 Å². The van der Waals surface area contributed by atoms with E-state index in [4.69, 9.17) is 4.74 Å². The van der Waals surface area contributed by atoms with Gasteiger partial charge in [0.2, 0.25) is 0 Å². The average Bonchev–Trinajstić information content (AvgIpc) is 2.74. The molecule has 9 heteroatoms. The number of phenols is 1. The van der Waals surface area contributed by atoms with Crippen LogP contribution in [-0.2, 0) is 13.6 Å². The van der Waals surface area contributed by atoms with Crippen molar-refractivity contribution in [2.75, 3.05) is 11.5 Å². The third kappa shape index (κ3) is 3.64. The molecule has 0 atom stereocenters. The van der Waals surface area contributed by atoms with Crippen molar-refractivity contribution in [3.63, 3.8) is 0 Å². The Balaban J connectivity index is 1.61. The average molecular weight is 519 g/mol. The molecular weight excluding hydrogens is 499 g/mol. The first-order chi connectivity index (χ1) is 14.4. The predicted molar refractivity (Wildman–Crippen MR) is 110 cm³/mol. The fraction of sp³-hybridized carbons (Fsp3) is 0.238. The first kappa shape index (κ1) is 20.3. The Labute approximate surface area is 182 Å². The van der Waals surface area contributed by atoms with Gasteiger partial charge in [-0.25, -0.2) is 0 Å². The first-order valence-corrected chi connectivity index (χ1v) is 12.4. The molecule has 2 aromatic carbocycles. The summed E-state index contributed by atoms with van der Waals surface area (Å²) in [6.45, 7) is 2.30. The fourth-order valence-electron chi connectivity index (χ4n) is 3.18. The molecule has 4 rings (SSSR count). The van der Waals surface area contributed by atoms with Crippen LogP contribution in [0.25, 0.3) is 21.8 Å². The van der Waals surface area contributed by atoms with E-state index in [-0.39, 0.29) is 44.7 Å². The maximum atomic E-state index is 12.7. The van der Waals surface area contributed by atoms with Crippen molar-refractivity contribution in [3.05, 3.63) is 66.8 Å². The summed E-state index contributed by atoms with van der Waals surface area (Å²) in [6, 6.07) is 6.79. The van der Waals surface area contributed by atoms with Crippen LogP contribution in [0.4, 0.5) is 0 Å². The number of benzene rings is 2. The Morgan fingerprint density at radius 1 is 1.03 bits per heavy atom. The number of ether oxygens (including phenoxy) is 1. The third-order valence-corrected chi connectivity index (χ3v) is 6.91. The predicted octanol–water partition coefficient (Wildman–Crippen LogP) is -1.38. The monoisotopic (exact) mass is 519 g/mol. The van der Waals surface area contributed by atoms with E-state index in [0.29, 0.717) is 39.7 Å². The Bertz CT molecular complexity index is 1390. The van der Waals surface area contributed by atoms with Gasteiger partial charge in [0.1, 0.15) is 0 Å². The van der Waals surface area contributed by atoms with E-state index >= 15 is 0 Å². The summed E-state index contributed by atoms with van der Waals surface area (Å²) in [4.78, 5) is 35.9. The fourth-order valence-corrected chi connectivity index (χ4v) is 4.63. The number of phenolic OH excluding ortho intramolecular Hbond substituents is 1. The van der Waals surface area contributed by atoms with Gasteiger partial charge in [-0.15, -0.1) is 0 Å². The van der Waals surface area contributed by atoms with Crippen molar-refractivity contribution in [1.29, 1.82) is 0 Å². The van der Waals surface area contributed by atoms with Crippen molar-refractivity contribution in [3.8, 4) is 11.5 Å². The molecule has 1 N–H and O–H groups in total. The summed E-state index contributed by atoms with van der Waals surface area (Å²) >= 11 is -0.298. The van der Waals surface area contributed by atoms with Gasteiger partial charge in [-0.2, -0.15) is 0 Å². The molecule has 0 unspecified atom stereocenters. The SMILES string of the molecule is C[I-]c1cc2ncn(C)c(=O)c2cc1OCCn1cnc2cc(C)c(O)cc2c1=O. The van der Waals surface area contributed by atoms with Crippen molar-refractivity contribution in [1.82, 2.24) is 19.1 Å². The van der Waals surface area contributed by atoms with Gasteiger partial charge in [0.25, 0.3) is 0 Å². The van der Waals surface area contributed by atoms with Crippen LogP contribution in [0.1, 0.15) is 5.56 Å². The maximum absolute atomic E-state index is 12.7. The standard InChI is InChI=1S/C21H20IN4O4/c1-12-6-16-13(7-18(12)27)21(29)26(11-24-16)4-5-30-19-8-14-17(9-15(19)22-2)23-10-25(3)20(14)28/h6-11,27H,4-5H2,1-3H3/q-1. The summed E-state index contributed by atoms with van der Waals surface area (Å²) in [5.41, 5.74) is 1.51. The molecule has 0 spiro atoms. The molecule has 4 aromatic rings. The molecule has 0 fully saturated rings. The van der Waals surface area contributed by atoms with E-state index < -0.39 is 0 Å². The molecule has 156 valence electrons. The van der Waals surface area contributed by atoms with Crippen LogP contribution >= 0.6 is 0 Å². The van der Waals surface area contributed by atoms with Crippen LogP contribution in [0.2, 0.25) is 0 Å². The third-order valence-electron chi connectivity index (χ3n) is 4.91. The number of aromatic hydroxyl groups is 1. The molecule has 8 nitrogen and oxygen atoms in total. The van der Waals surface area contributed by atoms with Crippen molar-refractivity contribution >= 4 is 21.8 Å². The summed E-state index contributed by atoms with van der Waals surface area (Å²) < 4.78 is 9.90. The van der Waals surface area contributed by atoms with Crippen molar-refractivity contribution in [2.45, 2.75) is 13.5 Å².